The topological polar surface area (TPSA) is 22.0 Å². The highest BCUT2D eigenvalue weighted by atomic mass is 35.5. The Morgan fingerprint density at radius 2 is 1.68 bits per heavy atom. The highest BCUT2D eigenvalue weighted by molar-refractivity contribution is 6.31. The van der Waals surface area contributed by atoms with Gasteiger partial charge in [0.2, 0.25) is 5.91 Å². The molecular weight excluding hydrogens is 294 g/mol. The van der Waals surface area contributed by atoms with Crippen LogP contribution in [0.2, 0.25) is 5.02 Å². The smallest absolute Gasteiger partial charge is 0.236 e. The van der Waals surface area contributed by atoms with Gasteiger partial charge in [-0.1, -0.05) is 62.7 Å². The number of halogens is 1. The summed E-state index contributed by atoms with van der Waals surface area (Å²) in [5, 5.41) is 1.65. The van der Waals surface area contributed by atoms with E-state index in [1.54, 1.807) is 4.57 Å². The van der Waals surface area contributed by atoms with Crippen molar-refractivity contribution in [2.45, 2.75) is 20.8 Å². The first-order valence-electron chi connectivity index (χ1n) is 7.29. The van der Waals surface area contributed by atoms with Crippen LogP contribution < -0.4 is 0 Å². The van der Waals surface area contributed by atoms with Crippen LogP contribution in [0, 0.1) is 5.41 Å². The van der Waals surface area contributed by atoms with Crippen molar-refractivity contribution >= 4 is 28.4 Å². The highest BCUT2D eigenvalue weighted by Crippen LogP contribution is 2.32. The van der Waals surface area contributed by atoms with Gasteiger partial charge in [0.25, 0.3) is 0 Å². The molecule has 2 aromatic carbocycles. The van der Waals surface area contributed by atoms with Gasteiger partial charge in [-0.25, -0.2) is 0 Å². The molecule has 1 heterocycles. The Morgan fingerprint density at radius 1 is 1.00 bits per heavy atom. The van der Waals surface area contributed by atoms with Crippen molar-refractivity contribution in [2.24, 2.45) is 5.41 Å². The maximum absolute atomic E-state index is 13.0. The van der Waals surface area contributed by atoms with Crippen molar-refractivity contribution in [3.05, 3.63) is 59.6 Å². The molecule has 0 saturated carbocycles. The number of carbonyl (C=O) groups is 1. The van der Waals surface area contributed by atoms with E-state index in [1.807, 2.05) is 75.4 Å². The van der Waals surface area contributed by atoms with Crippen molar-refractivity contribution in [3.63, 3.8) is 0 Å². The van der Waals surface area contributed by atoms with Gasteiger partial charge in [-0.05, 0) is 29.8 Å². The molecule has 3 heteroatoms. The van der Waals surface area contributed by atoms with Crippen LogP contribution in [0.5, 0.6) is 0 Å². The molecule has 3 aromatic rings. The second-order valence-corrected chi connectivity index (χ2v) is 6.93. The zero-order chi connectivity index (χ0) is 15.9. The second kappa shape index (κ2) is 5.29. The standard InChI is InChI=1S/C19H18ClNO/c1-19(2,3)18(22)21-16-10-9-15(20)11-14(16)12-17(21)13-7-5-4-6-8-13/h4-12H,1-3H3. The SMILES string of the molecule is CC(C)(C)C(=O)n1c(-c2ccccc2)cc2cc(Cl)ccc21. The van der Waals surface area contributed by atoms with Gasteiger partial charge in [0.05, 0.1) is 11.2 Å². The van der Waals surface area contributed by atoms with Crippen molar-refractivity contribution in [3.8, 4) is 11.3 Å². The molecule has 1 aromatic heterocycles. The minimum Gasteiger partial charge on any atom is -0.279 e. The number of aromatic nitrogens is 1. The number of hydrogen-bond acceptors (Lipinski definition) is 1. The van der Waals surface area contributed by atoms with Gasteiger partial charge in [0.1, 0.15) is 0 Å². The minimum absolute atomic E-state index is 0.0728. The van der Waals surface area contributed by atoms with E-state index in [-0.39, 0.29) is 5.91 Å². The first kappa shape index (κ1) is 14.9. The van der Waals surface area contributed by atoms with Crippen molar-refractivity contribution in [2.75, 3.05) is 0 Å². The largest absolute Gasteiger partial charge is 0.279 e. The molecule has 0 aliphatic rings. The summed E-state index contributed by atoms with van der Waals surface area (Å²) in [6.07, 6.45) is 0. The fourth-order valence-corrected chi connectivity index (χ4v) is 2.74. The zero-order valence-electron chi connectivity index (χ0n) is 12.9. The molecule has 0 atom stereocenters. The Hall–Kier alpha value is -2.06. The summed E-state index contributed by atoms with van der Waals surface area (Å²) >= 11 is 6.10. The maximum atomic E-state index is 13.0. The molecule has 0 amide bonds. The second-order valence-electron chi connectivity index (χ2n) is 6.49. The molecule has 112 valence electrons. The van der Waals surface area contributed by atoms with E-state index in [0.29, 0.717) is 5.02 Å². The third kappa shape index (κ3) is 2.55. The molecule has 0 saturated heterocycles. The van der Waals surface area contributed by atoms with Gasteiger partial charge in [0, 0.05) is 15.8 Å². The summed E-state index contributed by atoms with van der Waals surface area (Å²) in [4.78, 5) is 13.0. The Kier molecular flexibility index (Phi) is 3.57. The van der Waals surface area contributed by atoms with E-state index >= 15 is 0 Å². The number of nitrogens with zero attached hydrogens (tertiary/aromatic N) is 1. The quantitative estimate of drug-likeness (QED) is 0.569. The van der Waals surface area contributed by atoms with Crippen molar-refractivity contribution in [1.82, 2.24) is 4.57 Å². The molecule has 0 aliphatic carbocycles. The number of benzene rings is 2. The lowest BCUT2D eigenvalue weighted by Gasteiger charge is -2.20. The lowest BCUT2D eigenvalue weighted by Crippen LogP contribution is -2.27. The number of fused-ring (bicyclic) bond motifs is 1. The van der Waals surface area contributed by atoms with E-state index in [0.717, 1.165) is 22.2 Å². The summed E-state index contributed by atoms with van der Waals surface area (Å²) in [6.45, 7) is 5.81. The van der Waals surface area contributed by atoms with Gasteiger partial charge in [-0.2, -0.15) is 0 Å². The van der Waals surface area contributed by atoms with Crippen LogP contribution in [0.25, 0.3) is 22.2 Å². The number of carbonyl (C=O) groups excluding carboxylic acids is 1. The lowest BCUT2D eigenvalue weighted by molar-refractivity contribution is 0.0775. The van der Waals surface area contributed by atoms with E-state index in [2.05, 4.69) is 0 Å². The van der Waals surface area contributed by atoms with E-state index < -0.39 is 5.41 Å². The fraction of sp³-hybridized carbons (Fsp3) is 0.211. The molecule has 22 heavy (non-hydrogen) atoms. The summed E-state index contributed by atoms with van der Waals surface area (Å²) < 4.78 is 1.81. The van der Waals surface area contributed by atoms with E-state index in [9.17, 15) is 4.79 Å². The Balaban J connectivity index is 2.34. The van der Waals surface area contributed by atoms with Crippen LogP contribution in [0.3, 0.4) is 0 Å². The minimum atomic E-state index is -0.463. The van der Waals surface area contributed by atoms with E-state index in [4.69, 9.17) is 11.6 Å². The normalized spacial score (nSPS) is 11.8. The van der Waals surface area contributed by atoms with Crippen LogP contribution in [-0.2, 0) is 0 Å². The molecule has 2 nitrogen and oxygen atoms in total. The Labute approximate surface area is 135 Å². The monoisotopic (exact) mass is 311 g/mol. The van der Waals surface area contributed by atoms with E-state index in [1.165, 1.54) is 0 Å². The maximum Gasteiger partial charge on any atom is 0.236 e. The Bertz CT molecular complexity index is 841. The lowest BCUT2D eigenvalue weighted by atomic mass is 9.95. The summed E-state index contributed by atoms with van der Waals surface area (Å²) in [5.74, 6) is 0.0728. The third-order valence-electron chi connectivity index (χ3n) is 3.68. The molecule has 0 spiro atoms. The van der Waals surface area contributed by atoms with Crippen LogP contribution in [0.15, 0.2) is 54.6 Å². The molecule has 3 rings (SSSR count). The average molecular weight is 312 g/mol. The number of hydrogen-bond donors (Lipinski definition) is 0. The molecule has 0 bridgehead atoms. The zero-order valence-corrected chi connectivity index (χ0v) is 13.7. The fourth-order valence-electron chi connectivity index (χ4n) is 2.56. The van der Waals surface area contributed by atoms with Gasteiger partial charge in [-0.15, -0.1) is 0 Å². The third-order valence-corrected chi connectivity index (χ3v) is 3.91. The van der Waals surface area contributed by atoms with Crippen molar-refractivity contribution in [1.29, 1.82) is 0 Å². The highest BCUT2D eigenvalue weighted by Gasteiger charge is 2.27. The van der Waals surface area contributed by atoms with Crippen LogP contribution in [-0.4, -0.2) is 10.5 Å². The Morgan fingerprint density at radius 3 is 2.32 bits per heavy atom. The van der Waals surface area contributed by atoms with Crippen molar-refractivity contribution < 1.29 is 4.79 Å². The molecule has 0 aliphatic heterocycles. The van der Waals surface area contributed by atoms with Crippen LogP contribution in [0.4, 0.5) is 0 Å². The first-order chi connectivity index (χ1) is 10.4. The summed E-state index contributed by atoms with van der Waals surface area (Å²) in [7, 11) is 0. The predicted molar refractivity (Wildman–Crippen MR) is 92.5 cm³/mol. The van der Waals surface area contributed by atoms with Gasteiger partial charge < -0.3 is 0 Å². The van der Waals surface area contributed by atoms with Gasteiger partial charge in [0.15, 0.2) is 0 Å². The van der Waals surface area contributed by atoms with Gasteiger partial charge in [-0.3, -0.25) is 9.36 Å². The van der Waals surface area contributed by atoms with Gasteiger partial charge >= 0.3 is 0 Å². The predicted octanol–water partition coefficient (Wildman–Crippen LogP) is 5.65. The summed E-state index contributed by atoms with van der Waals surface area (Å²) in [5.41, 5.74) is 2.35. The molecule has 0 radical (unpaired) electrons. The number of rotatable bonds is 1. The molecule has 0 fully saturated rings. The first-order valence-corrected chi connectivity index (χ1v) is 7.67. The van der Waals surface area contributed by atoms with Crippen LogP contribution in [0.1, 0.15) is 25.6 Å². The van der Waals surface area contributed by atoms with Crippen LogP contribution >= 0.6 is 11.6 Å². The molecule has 0 unspecified atom stereocenters. The average Bonchev–Trinajstić information content (AvgIpc) is 2.84. The summed E-state index contributed by atoms with van der Waals surface area (Å²) in [6, 6.07) is 17.6. The molecule has 0 N–H and O–H groups in total. The molecular formula is C19H18ClNO.